The maximum Gasteiger partial charge on any atom is 0.416 e. The third kappa shape index (κ3) is 8.75. The van der Waals surface area contributed by atoms with Crippen LogP contribution in [0.4, 0.5) is 18.9 Å². The first-order valence-electron chi connectivity index (χ1n) is 14.1. The standard InChI is InChI=1S/C33H33F3N6OS/c1-23-5-4-7-28(15-23)40-32(44)41(20-26-6-2-3-8-30(26)33(34,35)36)21-27(13-14-37)31(43)16-29-18-39-22-42(29)19-25-11-9-24(17-38)10-12-25/h2-12,15,18,22,27H,13-14,16,19-21,37H2,1H3,(H,40,44)/t27-/m0/s1. The topological polar surface area (TPSA) is 100.0 Å². The van der Waals surface area contributed by atoms with Gasteiger partial charge in [-0.3, -0.25) is 4.79 Å². The highest BCUT2D eigenvalue weighted by Gasteiger charge is 2.34. The molecule has 0 unspecified atom stereocenters. The lowest BCUT2D eigenvalue weighted by molar-refractivity contribution is -0.138. The van der Waals surface area contributed by atoms with Gasteiger partial charge in [0.2, 0.25) is 0 Å². The van der Waals surface area contributed by atoms with E-state index in [-0.39, 0.29) is 42.5 Å². The number of nitrogens with two attached hydrogens (primary N) is 1. The molecule has 1 heterocycles. The number of nitrogens with zero attached hydrogens (tertiary/aromatic N) is 4. The van der Waals surface area contributed by atoms with E-state index in [1.165, 1.54) is 12.1 Å². The Kier molecular flexibility index (Phi) is 10.9. The quantitative estimate of drug-likeness (QED) is 0.185. The van der Waals surface area contributed by atoms with Gasteiger partial charge in [-0.05, 0) is 79.1 Å². The zero-order valence-corrected chi connectivity index (χ0v) is 25.0. The van der Waals surface area contributed by atoms with Crippen LogP contribution in [0.3, 0.4) is 0 Å². The highest BCUT2D eigenvalue weighted by molar-refractivity contribution is 7.80. The van der Waals surface area contributed by atoms with E-state index in [0.717, 1.165) is 17.2 Å². The van der Waals surface area contributed by atoms with Gasteiger partial charge in [0, 0.05) is 49.6 Å². The maximum atomic E-state index is 13.9. The second-order valence-electron chi connectivity index (χ2n) is 10.6. The third-order valence-electron chi connectivity index (χ3n) is 7.24. The average Bonchev–Trinajstić information content (AvgIpc) is 3.42. The minimum Gasteiger partial charge on any atom is -0.344 e. The molecule has 0 saturated carbocycles. The summed E-state index contributed by atoms with van der Waals surface area (Å²) in [5.74, 6) is -0.724. The first-order valence-corrected chi connectivity index (χ1v) is 14.5. The van der Waals surface area contributed by atoms with E-state index in [2.05, 4.69) is 16.4 Å². The first-order chi connectivity index (χ1) is 21.1. The van der Waals surface area contributed by atoms with Gasteiger partial charge in [-0.2, -0.15) is 18.4 Å². The molecule has 0 amide bonds. The smallest absolute Gasteiger partial charge is 0.344 e. The number of anilines is 1. The molecule has 1 atom stereocenters. The van der Waals surface area contributed by atoms with Crippen LogP contribution in [0, 0.1) is 24.2 Å². The highest BCUT2D eigenvalue weighted by Crippen LogP contribution is 2.32. The molecule has 0 radical (unpaired) electrons. The Morgan fingerprint density at radius 1 is 1.14 bits per heavy atom. The number of carbonyl (C=O) groups is 1. The van der Waals surface area contributed by atoms with Crippen molar-refractivity contribution in [2.24, 2.45) is 11.7 Å². The van der Waals surface area contributed by atoms with Crippen molar-refractivity contribution in [1.82, 2.24) is 14.5 Å². The van der Waals surface area contributed by atoms with Crippen molar-refractivity contribution in [2.75, 3.05) is 18.4 Å². The van der Waals surface area contributed by atoms with Gasteiger partial charge in [0.15, 0.2) is 5.11 Å². The fraction of sp³-hybridized carbons (Fsp3) is 0.273. The van der Waals surface area contributed by atoms with E-state index in [1.807, 2.05) is 47.9 Å². The van der Waals surface area contributed by atoms with E-state index in [1.54, 1.807) is 35.6 Å². The zero-order chi connectivity index (χ0) is 31.7. The summed E-state index contributed by atoms with van der Waals surface area (Å²) in [5, 5.41) is 12.4. The fourth-order valence-corrected chi connectivity index (χ4v) is 5.21. The van der Waals surface area contributed by atoms with Crippen LogP contribution in [-0.2, 0) is 30.5 Å². The van der Waals surface area contributed by atoms with E-state index >= 15 is 0 Å². The Labute approximate surface area is 260 Å². The summed E-state index contributed by atoms with van der Waals surface area (Å²) in [6, 6.07) is 22.1. The van der Waals surface area contributed by atoms with Crippen molar-refractivity contribution in [3.8, 4) is 6.07 Å². The molecule has 0 spiro atoms. The molecule has 11 heteroatoms. The number of imidazole rings is 1. The molecular formula is C33H33F3N6OS. The van der Waals surface area contributed by atoms with Gasteiger partial charge >= 0.3 is 6.18 Å². The van der Waals surface area contributed by atoms with Crippen LogP contribution in [0.1, 0.15) is 39.9 Å². The molecule has 1 aromatic heterocycles. The van der Waals surface area contributed by atoms with Gasteiger partial charge in [0.1, 0.15) is 5.78 Å². The summed E-state index contributed by atoms with van der Waals surface area (Å²) in [5.41, 5.74) is 9.07. The largest absolute Gasteiger partial charge is 0.416 e. The Hall–Kier alpha value is -4.53. The normalized spacial score (nSPS) is 11.9. The molecule has 7 nitrogen and oxygen atoms in total. The number of hydrogen-bond acceptors (Lipinski definition) is 5. The Morgan fingerprint density at radius 3 is 2.57 bits per heavy atom. The summed E-state index contributed by atoms with van der Waals surface area (Å²) in [6.45, 7) is 2.52. The van der Waals surface area contributed by atoms with Gasteiger partial charge in [-0.1, -0.05) is 42.5 Å². The van der Waals surface area contributed by atoms with Gasteiger partial charge < -0.3 is 20.5 Å². The monoisotopic (exact) mass is 618 g/mol. The van der Waals surface area contributed by atoms with Crippen molar-refractivity contribution >= 4 is 28.8 Å². The summed E-state index contributed by atoms with van der Waals surface area (Å²) >= 11 is 5.71. The molecule has 44 heavy (non-hydrogen) atoms. The van der Waals surface area contributed by atoms with E-state index in [0.29, 0.717) is 29.9 Å². The molecule has 0 aliphatic heterocycles. The number of ketones is 1. The number of Topliss-reactive ketones (excluding diaryl/α,β-unsaturated/α-hetero) is 1. The number of carbonyl (C=O) groups excluding carboxylic acids is 1. The number of alkyl halides is 3. The second-order valence-corrected chi connectivity index (χ2v) is 11.0. The average molecular weight is 619 g/mol. The predicted octanol–water partition coefficient (Wildman–Crippen LogP) is 6.11. The number of hydrogen-bond donors (Lipinski definition) is 2. The first kappa shape index (κ1) is 32.4. The van der Waals surface area contributed by atoms with Crippen LogP contribution in [0.2, 0.25) is 0 Å². The summed E-state index contributed by atoms with van der Waals surface area (Å²) < 4.78 is 43.5. The van der Waals surface area contributed by atoms with Gasteiger partial charge in [-0.15, -0.1) is 0 Å². The van der Waals surface area contributed by atoms with Crippen LogP contribution in [0.5, 0.6) is 0 Å². The van der Waals surface area contributed by atoms with E-state index < -0.39 is 17.7 Å². The SMILES string of the molecule is Cc1cccc(NC(=S)N(Cc2ccccc2C(F)(F)F)C[C@H](CCN)C(=O)Cc2cncn2Cc2ccc(C#N)cc2)c1. The van der Waals surface area contributed by atoms with Crippen molar-refractivity contribution in [3.63, 3.8) is 0 Å². The van der Waals surface area contributed by atoms with Crippen molar-refractivity contribution < 1.29 is 18.0 Å². The molecule has 0 aliphatic rings. The molecule has 0 bridgehead atoms. The van der Waals surface area contributed by atoms with E-state index in [9.17, 15) is 18.0 Å². The highest BCUT2D eigenvalue weighted by atomic mass is 32.1. The van der Waals surface area contributed by atoms with Crippen LogP contribution in [-0.4, -0.2) is 38.4 Å². The van der Waals surface area contributed by atoms with Crippen molar-refractivity contribution in [1.29, 1.82) is 5.26 Å². The van der Waals surface area contributed by atoms with Crippen molar-refractivity contribution in [2.45, 2.75) is 39.0 Å². The summed E-state index contributed by atoms with van der Waals surface area (Å²) in [6.07, 6.45) is -0.894. The molecule has 4 aromatic rings. The number of halogens is 3. The number of nitrogens with one attached hydrogen (secondary N) is 1. The molecule has 0 aliphatic carbocycles. The summed E-state index contributed by atoms with van der Waals surface area (Å²) in [7, 11) is 0. The van der Waals surface area contributed by atoms with Crippen LogP contribution in [0.15, 0.2) is 85.3 Å². The minimum atomic E-state index is -4.55. The lowest BCUT2D eigenvalue weighted by Crippen LogP contribution is -2.41. The molecular weight excluding hydrogens is 585 g/mol. The van der Waals surface area contributed by atoms with Gasteiger partial charge in [-0.25, -0.2) is 4.98 Å². The Morgan fingerprint density at radius 2 is 1.89 bits per heavy atom. The molecule has 0 fully saturated rings. The molecule has 228 valence electrons. The van der Waals surface area contributed by atoms with Crippen LogP contribution < -0.4 is 11.1 Å². The molecule has 4 rings (SSSR count). The maximum absolute atomic E-state index is 13.9. The Bertz CT molecular complexity index is 1630. The zero-order valence-electron chi connectivity index (χ0n) is 24.2. The lowest BCUT2D eigenvalue weighted by atomic mass is 9.95. The number of aryl methyl sites for hydroxylation is 1. The third-order valence-corrected chi connectivity index (χ3v) is 7.60. The number of rotatable bonds is 12. The van der Waals surface area contributed by atoms with Crippen LogP contribution in [0.25, 0.3) is 0 Å². The van der Waals surface area contributed by atoms with Gasteiger partial charge in [0.05, 0.1) is 23.5 Å². The fourth-order valence-electron chi connectivity index (χ4n) is 4.95. The molecule has 3 N–H and O–H groups in total. The predicted molar refractivity (Wildman–Crippen MR) is 168 cm³/mol. The number of aromatic nitrogens is 2. The lowest BCUT2D eigenvalue weighted by Gasteiger charge is -2.30. The second kappa shape index (κ2) is 14.8. The Balaban J connectivity index is 1.57. The van der Waals surface area contributed by atoms with Crippen LogP contribution >= 0.6 is 12.2 Å². The van der Waals surface area contributed by atoms with E-state index in [4.69, 9.17) is 23.2 Å². The molecule has 0 saturated heterocycles. The summed E-state index contributed by atoms with van der Waals surface area (Å²) in [4.78, 5) is 19.6. The molecule has 3 aromatic carbocycles. The number of benzene rings is 3. The number of thiocarbonyl (C=S) groups is 1. The number of nitriles is 1. The minimum absolute atomic E-state index is 0.0489. The van der Waals surface area contributed by atoms with Crippen molar-refractivity contribution in [3.05, 3.63) is 119 Å². The van der Waals surface area contributed by atoms with Gasteiger partial charge in [0.25, 0.3) is 0 Å².